The highest BCUT2D eigenvalue weighted by molar-refractivity contribution is 5.66. The lowest BCUT2D eigenvalue weighted by Crippen LogP contribution is -2.03. The summed E-state index contributed by atoms with van der Waals surface area (Å²) in [5.41, 5.74) is 4.34. The van der Waals surface area contributed by atoms with E-state index >= 15 is 0 Å². The summed E-state index contributed by atoms with van der Waals surface area (Å²) in [4.78, 5) is 10.7. The number of hydrogen-bond donors (Lipinski definition) is 0. The molecule has 2 unspecified atom stereocenters. The molecule has 0 aromatic heterocycles. The number of fused-ring (bicyclic) bond motifs is 2. The average molecular weight is 192 g/mol. The molecular weight excluding hydrogens is 176 g/mol. The van der Waals surface area contributed by atoms with E-state index in [0.717, 1.165) is 6.42 Å². The van der Waals surface area contributed by atoms with E-state index in [0.29, 0.717) is 11.8 Å². The Morgan fingerprint density at radius 1 is 1.43 bits per heavy atom. The van der Waals surface area contributed by atoms with Gasteiger partial charge in [0.15, 0.2) is 0 Å². The maximum atomic E-state index is 10.7. The van der Waals surface area contributed by atoms with Gasteiger partial charge in [-0.05, 0) is 38.2 Å². The fourth-order valence-corrected chi connectivity index (χ4v) is 2.62. The van der Waals surface area contributed by atoms with Crippen molar-refractivity contribution >= 4 is 5.97 Å². The van der Waals surface area contributed by atoms with E-state index in [1.807, 2.05) is 0 Å². The van der Waals surface area contributed by atoms with Crippen LogP contribution in [-0.2, 0) is 9.53 Å². The van der Waals surface area contributed by atoms with Crippen LogP contribution in [0.1, 0.15) is 33.6 Å². The highest BCUT2D eigenvalue weighted by Gasteiger charge is 2.38. The lowest BCUT2D eigenvalue weighted by Gasteiger charge is -2.16. The van der Waals surface area contributed by atoms with Crippen LogP contribution in [0.15, 0.2) is 23.0 Å². The van der Waals surface area contributed by atoms with Gasteiger partial charge in [-0.1, -0.05) is 11.1 Å². The van der Waals surface area contributed by atoms with Crippen molar-refractivity contribution in [1.29, 1.82) is 0 Å². The van der Waals surface area contributed by atoms with Crippen LogP contribution in [0, 0.1) is 11.8 Å². The van der Waals surface area contributed by atoms with Gasteiger partial charge in [-0.3, -0.25) is 4.79 Å². The first kappa shape index (κ1) is 9.50. The Labute approximate surface area is 84.6 Å². The summed E-state index contributed by atoms with van der Waals surface area (Å²) in [6, 6.07) is 0. The molecule has 2 bridgehead atoms. The zero-order valence-corrected chi connectivity index (χ0v) is 8.96. The third-order valence-electron chi connectivity index (χ3n) is 3.58. The monoisotopic (exact) mass is 192 g/mol. The zero-order valence-electron chi connectivity index (χ0n) is 8.96. The van der Waals surface area contributed by atoms with E-state index in [-0.39, 0.29) is 5.97 Å². The Hall–Kier alpha value is -1.05. The van der Waals surface area contributed by atoms with Gasteiger partial charge >= 0.3 is 5.97 Å². The number of allylic oxidation sites excluding steroid dienone is 3. The van der Waals surface area contributed by atoms with Gasteiger partial charge in [0.05, 0.1) is 6.26 Å². The minimum atomic E-state index is -0.223. The van der Waals surface area contributed by atoms with Gasteiger partial charge in [0.2, 0.25) is 0 Å². The third-order valence-corrected chi connectivity index (χ3v) is 3.58. The number of carbonyl (C=O) groups is 1. The normalized spacial score (nSPS) is 32.9. The topological polar surface area (TPSA) is 26.3 Å². The van der Waals surface area contributed by atoms with E-state index < -0.39 is 0 Å². The molecule has 2 rings (SSSR count). The summed E-state index contributed by atoms with van der Waals surface area (Å²) < 4.78 is 4.94. The largest absolute Gasteiger partial charge is 0.435 e. The molecule has 1 saturated carbocycles. The summed E-state index contributed by atoms with van der Waals surface area (Å²) in [7, 11) is 0. The maximum absolute atomic E-state index is 10.7. The number of esters is 1. The Kier molecular flexibility index (Phi) is 2.22. The average Bonchev–Trinajstić information content (AvgIpc) is 2.64. The molecule has 0 N–H and O–H groups in total. The van der Waals surface area contributed by atoms with E-state index in [1.54, 1.807) is 11.8 Å². The zero-order chi connectivity index (χ0) is 10.3. The SMILES string of the molecule is CC(=O)OC=C1CC2CC1C(C)=C2C. The van der Waals surface area contributed by atoms with Gasteiger partial charge in [0.1, 0.15) is 0 Å². The molecule has 76 valence electrons. The summed E-state index contributed by atoms with van der Waals surface area (Å²) in [6.07, 6.45) is 3.98. The van der Waals surface area contributed by atoms with Gasteiger partial charge in [0.25, 0.3) is 0 Å². The third kappa shape index (κ3) is 1.39. The molecule has 2 atom stereocenters. The van der Waals surface area contributed by atoms with Crippen molar-refractivity contribution in [3.05, 3.63) is 23.0 Å². The molecule has 0 heterocycles. The van der Waals surface area contributed by atoms with Crippen molar-refractivity contribution < 1.29 is 9.53 Å². The molecule has 0 amide bonds. The molecule has 2 heteroatoms. The van der Waals surface area contributed by atoms with Crippen molar-refractivity contribution in [3.8, 4) is 0 Å². The summed E-state index contributed by atoms with van der Waals surface area (Å²) in [6.45, 7) is 5.86. The Bertz CT molecular complexity index is 336. The summed E-state index contributed by atoms with van der Waals surface area (Å²) >= 11 is 0. The molecule has 14 heavy (non-hydrogen) atoms. The van der Waals surface area contributed by atoms with E-state index in [2.05, 4.69) is 13.8 Å². The van der Waals surface area contributed by atoms with Crippen LogP contribution in [-0.4, -0.2) is 5.97 Å². The van der Waals surface area contributed by atoms with Crippen LogP contribution in [0.3, 0.4) is 0 Å². The molecule has 2 aliphatic rings. The van der Waals surface area contributed by atoms with Gasteiger partial charge < -0.3 is 4.74 Å². The number of ether oxygens (including phenoxy) is 1. The number of carbonyl (C=O) groups excluding carboxylic acids is 1. The predicted molar refractivity (Wildman–Crippen MR) is 54.4 cm³/mol. The van der Waals surface area contributed by atoms with Gasteiger partial charge in [0, 0.05) is 12.8 Å². The first-order valence-electron chi connectivity index (χ1n) is 5.13. The molecular formula is C12H16O2. The van der Waals surface area contributed by atoms with Crippen LogP contribution in [0.5, 0.6) is 0 Å². The molecule has 2 nitrogen and oxygen atoms in total. The van der Waals surface area contributed by atoms with Crippen LogP contribution < -0.4 is 0 Å². The van der Waals surface area contributed by atoms with Crippen molar-refractivity contribution in [2.24, 2.45) is 11.8 Å². The highest BCUT2D eigenvalue weighted by Crippen LogP contribution is 2.51. The first-order chi connectivity index (χ1) is 6.59. The Morgan fingerprint density at radius 3 is 2.64 bits per heavy atom. The standard InChI is InChI=1S/C12H16O2/c1-7-8(2)12-5-10(7)4-11(12)6-14-9(3)13/h6,10,12H,4-5H2,1-3H3. The summed E-state index contributed by atoms with van der Waals surface area (Å²) in [5, 5.41) is 0. The molecule has 1 fully saturated rings. The van der Waals surface area contributed by atoms with E-state index in [9.17, 15) is 4.79 Å². The predicted octanol–water partition coefficient (Wildman–Crippen LogP) is 2.81. The van der Waals surface area contributed by atoms with Crippen molar-refractivity contribution in [2.45, 2.75) is 33.6 Å². The molecule has 0 aromatic carbocycles. The second-order valence-electron chi connectivity index (χ2n) is 4.36. The van der Waals surface area contributed by atoms with Crippen LogP contribution >= 0.6 is 0 Å². The van der Waals surface area contributed by atoms with Gasteiger partial charge in [-0.25, -0.2) is 0 Å². The van der Waals surface area contributed by atoms with E-state index in [1.165, 1.54) is 24.5 Å². The molecule has 0 spiro atoms. The van der Waals surface area contributed by atoms with Crippen molar-refractivity contribution in [3.63, 3.8) is 0 Å². The quantitative estimate of drug-likeness (QED) is 0.363. The lowest BCUT2D eigenvalue weighted by atomic mass is 9.90. The summed E-state index contributed by atoms with van der Waals surface area (Å²) in [5.74, 6) is 1.04. The minimum Gasteiger partial charge on any atom is -0.435 e. The van der Waals surface area contributed by atoms with E-state index in [4.69, 9.17) is 4.74 Å². The second kappa shape index (κ2) is 3.26. The molecule has 0 aromatic rings. The van der Waals surface area contributed by atoms with Crippen molar-refractivity contribution in [1.82, 2.24) is 0 Å². The first-order valence-corrected chi connectivity index (χ1v) is 5.13. The molecule has 2 aliphatic carbocycles. The Balaban J connectivity index is 2.14. The van der Waals surface area contributed by atoms with Crippen LogP contribution in [0.25, 0.3) is 0 Å². The fraction of sp³-hybridized carbons (Fsp3) is 0.583. The van der Waals surface area contributed by atoms with Gasteiger partial charge in [-0.15, -0.1) is 0 Å². The lowest BCUT2D eigenvalue weighted by molar-refractivity contribution is -0.135. The molecule has 0 saturated heterocycles. The van der Waals surface area contributed by atoms with Crippen LogP contribution in [0.2, 0.25) is 0 Å². The van der Waals surface area contributed by atoms with Crippen molar-refractivity contribution in [2.75, 3.05) is 0 Å². The maximum Gasteiger partial charge on any atom is 0.307 e. The molecule has 0 aliphatic heterocycles. The number of hydrogen-bond acceptors (Lipinski definition) is 2. The number of rotatable bonds is 1. The van der Waals surface area contributed by atoms with Crippen LogP contribution in [0.4, 0.5) is 0 Å². The molecule has 0 radical (unpaired) electrons. The smallest absolute Gasteiger partial charge is 0.307 e. The van der Waals surface area contributed by atoms with Gasteiger partial charge in [-0.2, -0.15) is 0 Å². The highest BCUT2D eigenvalue weighted by atomic mass is 16.5. The fourth-order valence-electron chi connectivity index (χ4n) is 2.62. The Morgan fingerprint density at radius 2 is 2.14 bits per heavy atom. The minimum absolute atomic E-state index is 0.223. The second-order valence-corrected chi connectivity index (χ2v) is 4.36.